The molecule has 4 heteroatoms. The molecule has 1 spiro atoms. The Morgan fingerprint density at radius 3 is 1.55 bits per heavy atom. The molecule has 0 aromatic heterocycles. The van der Waals surface area contributed by atoms with Crippen molar-refractivity contribution < 1.29 is 18.9 Å². The predicted octanol–water partition coefficient (Wildman–Crippen LogP) is 3.20. The standard InChI is InChI=1S/C16H30O4/c1-7-15(5,6)13-19-10-16(11-20-13)8-17-12(18-9-16)14(2,3)4/h12-13H,7-11H2,1-6H3. The van der Waals surface area contributed by atoms with Gasteiger partial charge in [-0.25, -0.2) is 0 Å². The second-order valence-electron chi connectivity index (χ2n) is 8.12. The Labute approximate surface area is 123 Å². The van der Waals surface area contributed by atoms with Gasteiger partial charge in [0.1, 0.15) is 0 Å². The molecule has 0 N–H and O–H groups in total. The van der Waals surface area contributed by atoms with Crippen LogP contribution in [-0.4, -0.2) is 39.0 Å². The van der Waals surface area contributed by atoms with Crippen molar-refractivity contribution in [1.82, 2.24) is 0 Å². The topological polar surface area (TPSA) is 36.9 Å². The van der Waals surface area contributed by atoms with Gasteiger partial charge >= 0.3 is 0 Å². The summed E-state index contributed by atoms with van der Waals surface area (Å²) in [5.74, 6) is 0. The normalized spacial score (nSPS) is 36.3. The molecule has 2 saturated heterocycles. The van der Waals surface area contributed by atoms with E-state index in [0.29, 0.717) is 26.4 Å². The third kappa shape index (κ3) is 3.35. The van der Waals surface area contributed by atoms with E-state index in [9.17, 15) is 0 Å². The zero-order chi connectivity index (χ0) is 15.0. The van der Waals surface area contributed by atoms with Crippen LogP contribution >= 0.6 is 0 Å². The van der Waals surface area contributed by atoms with E-state index in [1.807, 2.05) is 0 Å². The maximum atomic E-state index is 5.97. The van der Waals surface area contributed by atoms with E-state index in [-0.39, 0.29) is 28.8 Å². The molecule has 2 fully saturated rings. The van der Waals surface area contributed by atoms with Crippen LogP contribution in [0, 0.1) is 16.2 Å². The number of rotatable bonds is 2. The van der Waals surface area contributed by atoms with Crippen molar-refractivity contribution in [3.63, 3.8) is 0 Å². The summed E-state index contributed by atoms with van der Waals surface area (Å²) in [5, 5.41) is 0. The molecule has 0 aliphatic carbocycles. The lowest BCUT2D eigenvalue weighted by Crippen LogP contribution is -2.55. The summed E-state index contributed by atoms with van der Waals surface area (Å²) in [6.45, 7) is 15.5. The summed E-state index contributed by atoms with van der Waals surface area (Å²) >= 11 is 0. The van der Waals surface area contributed by atoms with E-state index in [4.69, 9.17) is 18.9 Å². The van der Waals surface area contributed by atoms with Gasteiger partial charge in [0.15, 0.2) is 12.6 Å². The van der Waals surface area contributed by atoms with Crippen LogP contribution in [0.1, 0.15) is 48.0 Å². The fraction of sp³-hybridized carbons (Fsp3) is 1.00. The van der Waals surface area contributed by atoms with Gasteiger partial charge in [0, 0.05) is 10.8 Å². The molecule has 0 atom stereocenters. The lowest BCUT2D eigenvalue weighted by Gasteiger charge is -2.48. The highest BCUT2D eigenvalue weighted by Crippen LogP contribution is 2.38. The molecule has 20 heavy (non-hydrogen) atoms. The Hall–Kier alpha value is -0.160. The molecule has 0 amide bonds. The van der Waals surface area contributed by atoms with E-state index in [1.54, 1.807) is 0 Å². The maximum Gasteiger partial charge on any atom is 0.162 e. The predicted molar refractivity (Wildman–Crippen MR) is 77.3 cm³/mol. The summed E-state index contributed by atoms with van der Waals surface area (Å²) < 4.78 is 23.7. The molecule has 0 unspecified atom stereocenters. The van der Waals surface area contributed by atoms with Crippen LogP contribution in [0.2, 0.25) is 0 Å². The monoisotopic (exact) mass is 286 g/mol. The Bertz CT molecular complexity index is 314. The first-order valence-corrected chi connectivity index (χ1v) is 7.65. The summed E-state index contributed by atoms with van der Waals surface area (Å²) in [6, 6.07) is 0. The van der Waals surface area contributed by atoms with Crippen molar-refractivity contribution in [1.29, 1.82) is 0 Å². The van der Waals surface area contributed by atoms with Crippen LogP contribution in [0.5, 0.6) is 0 Å². The average Bonchev–Trinajstić information content (AvgIpc) is 2.39. The molecule has 0 bridgehead atoms. The van der Waals surface area contributed by atoms with Crippen LogP contribution < -0.4 is 0 Å². The minimum Gasteiger partial charge on any atom is -0.351 e. The lowest BCUT2D eigenvalue weighted by atomic mass is 9.85. The second kappa shape index (κ2) is 5.56. The van der Waals surface area contributed by atoms with Gasteiger partial charge in [-0.2, -0.15) is 0 Å². The van der Waals surface area contributed by atoms with Crippen LogP contribution in [-0.2, 0) is 18.9 Å². The molecule has 2 heterocycles. The Morgan fingerprint density at radius 2 is 1.20 bits per heavy atom. The molecule has 2 rings (SSSR count). The minimum atomic E-state index is -0.141. The van der Waals surface area contributed by atoms with Crippen molar-refractivity contribution in [2.45, 2.75) is 60.5 Å². The van der Waals surface area contributed by atoms with Gasteiger partial charge in [0.05, 0.1) is 31.8 Å². The van der Waals surface area contributed by atoms with Crippen LogP contribution in [0.15, 0.2) is 0 Å². The number of hydrogen-bond donors (Lipinski definition) is 0. The van der Waals surface area contributed by atoms with Crippen molar-refractivity contribution >= 4 is 0 Å². The summed E-state index contributed by atoms with van der Waals surface area (Å²) in [4.78, 5) is 0. The third-order valence-electron chi connectivity index (χ3n) is 4.42. The van der Waals surface area contributed by atoms with Gasteiger partial charge in [-0.1, -0.05) is 41.5 Å². The Morgan fingerprint density at radius 1 is 0.800 bits per heavy atom. The number of hydrogen-bond acceptors (Lipinski definition) is 4. The van der Waals surface area contributed by atoms with Gasteiger partial charge in [-0.15, -0.1) is 0 Å². The van der Waals surface area contributed by atoms with E-state index in [1.165, 1.54) is 0 Å². The maximum absolute atomic E-state index is 5.97. The largest absolute Gasteiger partial charge is 0.351 e. The summed E-state index contributed by atoms with van der Waals surface area (Å²) in [5.41, 5.74) is -0.0846. The fourth-order valence-electron chi connectivity index (χ4n) is 2.47. The lowest BCUT2D eigenvalue weighted by molar-refractivity contribution is -0.333. The van der Waals surface area contributed by atoms with Crippen LogP contribution in [0.25, 0.3) is 0 Å². The van der Waals surface area contributed by atoms with Crippen molar-refractivity contribution in [3.8, 4) is 0 Å². The number of ether oxygens (including phenoxy) is 4. The highest BCUT2D eigenvalue weighted by molar-refractivity contribution is 4.88. The fourth-order valence-corrected chi connectivity index (χ4v) is 2.47. The molecule has 0 aromatic rings. The summed E-state index contributed by atoms with van der Waals surface area (Å²) in [7, 11) is 0. The SMILES string of the molecule is CCC(C)(C)C1OCC2(COC(C(C)(C)C)OC2)CO1. The Kier molecular flexibility index (Phi) is 4.51. The first-order chi connectivity index (χ1) is 9.19. The molecular weight excluding hydrogens is 256 g/mol. The van der Waals surface area contributed by atoms with E-state index < -0.39 is 0 Å². The van der Waals surface area contributed by atoms with E-state index >= 15 is 0 Å². The molecule has 0 radical (unpaired) electrons. The molecule has 118 valence electrons. The molecular formula is C16H30O4. The summed E-state index contributed by atoms with van der Waals surface area (Å²) in [6.07, 6.45) is 0.764. The first kappa shape index (κ1) is 16.2. The van der Waals surface area contributed by atoms with Gasteiger partial charge < -0.3 is 18.9 Å². The molecule has 0 aromatic carbocycles. The third-order valence-corrected chi connectivity index (χ3v) is 4.42. The zero-order valence-electron chi connectivity index (χ0n) is 13.8. The van der Waals surface area contributed by atoms with Crippen molar-refractivity contribution in [3.05, 3.63) is 0 Å². The molecule has 4 nitrogen and oxygen atoms in total. The van der Waals surface area contributed by atoms with Crippen LogP contribution in [0.3, 0.4) is 0 Å². The second-order valence-corrected chi connectivity index (χ2v) is 8.12. The zero-order valence-corrected chi connectivity index (χ0v) is 13.8. The van der Waals surface area contributed by atoms with Crippen molar-refractivity contribution in [2.75, 3.05) is 26.4 Å². The molecule has 2 aliphatic heterocycles. The van der Waals surface area contributed by atoms with Gasteiger partial charge in [0.2, 0.25) is 0 Å². The molecule has 0 saturated carbocycles. The molecule has 2 aliphatic rings. The van der Waals surface area contributed by atoms with E-state index in [0.717, 1.165) is 6.42 Å². The minimum absolute atomic E-state index is 0.00469. The van der Waals surface area contributed by atoms with Gasteiger partial charge in [-0.05, 0) is 6.42 Å². The average molecular weight is 286 g/mol. The highest BCUT2D eigenvalue weighted by Gasteiger charge is 2.46. The highest BCUT2D eigenvalue weighted by atomic mass is 16.7. The van der Waals surface area contributed by atoms with Gasteiger partial charge in [-0.3, -0.25) is 0 Å². The van der Waals surface area contributed by atoms with E-state index in [2.05, 4.69) is 41.5 Å². The Balaban J connectivity index is 1.89. The smallest absolute Gasteiger partial charge is 0.162 e. The quantitative estimate of drug-likeness (QED) is 0.781. The van der Waals surface area contributed by atoms with Crippen LogP contribution in [0.4, 0.5) is 0 Å². The van der Waals surface area contributed by atoms with Crippen molar-refractivity contribution in [2.24, 2.45) is 16.2 Å². The van der Waals surface area contributed by atoms with Gasteiger partial charge in [0.25, 0.3) is 0 Å². The first-order valence-electron chi connectivity index (χ1n) is 7.65.